The Morgan fingerprint density at radius 3 is 2.38 bits per heavy atom. The third-order valence-corrected chi connectivity index (χ3v) is 3.12. The number of hydrogen-bond acceptors (Lipinski definition) is 2. The van der Waals surface area contributed by atoms with Gasteiger partial charge in [-0.25, -0.2) is 8.78 Å². The van der Waals surface area contributed by atoms with Crippen LogP contribution in [0.2, 0.25) is 0 Å². The molecule has 2 N–H and O–H groups in total. The van der Waals surface area contributed by atoms with Crippen LogP contribution >= 0.6 is 0 Å². The van der Waals surface area contributed by atoms with Crippen molar-refractivity contribution >= 4 is 17.3 Å². The molecule has 0 aliphatic carbocycles. The number of anilines is 2. The van der Waals surface area contributed by atoms with E-state index in [4.69, 9.17) is 0 Å². The molecule has 0 bridgehead atoms. The average molecular weight is 290 g/mol. The van der Waals surface area contributed by atoms with Gasteiger partial charge in [0.05, 0.1) is 12.2 Å². The zero-order valence-electron chi connectivity index (χ0n) is 11.8. The molecule has 2 rings (SSSR count). The molecule has 2 aromatic carbocycles. The molecule has 0 spiro atoms. The fourth-order valence-electron chi connectivity index (χ4n) is 2.00. The van der Waals surface area contributed by atoms with Crippen LogP contribution in [0, 0.1) is 25.5 Å². The molecule has 2 aromatic rings. The monoisotopic (exact) mass is 290 g/mol. The van der Waals surface area contributed by atoms with Crippen LogP contribution < -0.4 is 10.6 Å². The number of carbonyl (C=O) groups excluding carboxylic acids is 1. The molecule has 1 amide bonds. The van der Waals surface area contributed by atoms with Crippen LogP contribution in [-0.4, -0.2) is 12.5 Å². The van der Waals surface area contributed by atoms with Crippen molar-refractivity contribution in [2.45, 2.75) is 13.8 Å². The molecule has 3 nitrogen and oxygen atoms in total. The summed E-state index contributed by atoms with van der Waals surface area (Å²) >= 11 is 0. The van der Waals surface area contributed by atoms with E-state index < -0.39 is 11.6 Å². The van der Waals surface area contributed by atoms with Gasteiger partial charge in [0.1, 0.15) is 11.6 Å². The maximum atomic E-state index is 13.4. The zero-order valence-corrected chi connectivity index (χ0v) is 11.8. The molecule has 5 heteroatoms. The smallest absolute Gasteiger partial charge is 0.243 e. The number of aryl methyl sites for hydroxylation is 2. The number of carbonyl (C=O) groups is 1. The van der Waals surface area contributed by atoms with Crippen molar-refractivity contribution in [3.63, 3.8) is 0 Å². The Bertz CT molecular complexity index is 651. The lowest BCUT2D eigenvalue weighted by molar-refractivity contribution is -0.114. The van der Waals surface area contributed by atoms with Crippen LogP contribution in [0.1, 0.15) is 11.1 Å². The molecule has 0 saturated heterocycles. The van der Waals surface area contributed by atoms with Gasteiger partial charge in [-0.05, 0) is 37.1 Å². The standard InChI is InChI=1S/C16H16F2N2O/c1-10-4-3-5-11(2)16(10)20-15(21)9-19-14-7-6-12(17)8-13(14)18/h3-8,19H,9H2,1-2H3,(H,20,21). The molecular formula is C16H16F2N2O. The number of benzene rings is 2. The fraction of sp³-hybridized carbons (Fsp3) is 0.188. The van der Waals surface area contributed by atoms with Gasteiger partial charge in [-0.2, -0.15) is 0 Å². The summed E-state index contributed by atoms with van der Waals surface area (Å²) in [4.78, 5) is 11.9. The van der Waals surface area contributed by atoms with Crippen molar-refractivity contribution in [1.29, 1.82) is 0 Å². The van der Waals surface area contributed by atoms with E-state index in [9.17, 15) is 13.6 Å². The highest BCUT2D eigenvalue weighted by molar-refractivity contribution is 5.95. The molecule has 0 radical (unpaired) electrons. The highest BCUT2D eigenvalue weighted by atomic mass is 19.1. The topological polar surface area (TPSA) is 41.1 Å². The van der Waals surface area contributed by atoms with Gasteiger partial charge in [-0.3, -0.25) is 4.79 Å². The third-order valence-electron chi connectivity index (χ3n) is 3.12. The second-order valence-electron chi connectivity index (χ2n) is 4.79. The van der Waals surface area contributed by atoms with E-state index in [0.717, 1.165) is 28.9 Å². The lowest BCUT2D eigenvalue weighted by Gasteiger charge is -2.12. The summed E-state index contributed by atoms with van der Waals surface area (Å²) in [5.74, 6) is -1.68. The normalized spacial score (nSPS) is 10.3. The summed E-state index contributed by atoms with van der Waals surface area (Å²) in [5, 5.41) is 5.43. The molecular weight excluding hydrogens is 274 g/mol. The molecule has 0 atom stereocenters. The van der Waals surface area contributed by atoms with E-state index in [1.165, 1.54) is 6.07 Å². The van der Waals surface area contributed by atoms with Gasteiger partial charge in [-0.15, -0.1) is 0 Å². The highest BCUT2D eigenvalue weighted by Gasteiger charge is 2.09. The first-order valence-corrected chi connectivity index (χ1v) is 6.52. The summed E-state index contributed by atoms with van der Waals surface area (Å²) in [6.45, 7) is 3.70. The summed E-state index contributed by atoms with van der Waals surface area (Å²) in [6.07, 6.45) is 0. The lowest BCUT2D eigenvalue weighted by Crippen LogP contribution is -2.23. The molecule has 0 aliphatic heterocycles. The van der Waals surface area contributed by atoms with E-state index in [-0.39, 0.29) is 18.1 Å². The molecule has 0 saturated carbocycles. The van der Waals surface area contributed by atoms with Crippen molar-refractivity contribution in [3.8, 4) is 0 Å². The minimum absolute atomic E-state index is 0.0908. The summed E-state index contributed by atoms with van der Waals surface area (Å²) < 4.78 is 26.2. The quantitative estimate of drug-likeness (QED) is 0.902. The van der Waals surface area contributed by atoms with Crippen LogP contribution in [-0.2, 0) is 4.79 Å². The second-order valence-corrected chi connectivity index (χ2v) is 4.79. The first-order valence-electron chi connectivity index (χ1n) is 6.52. The van der Waals surface area contributed by atoms with Crippen molar-refractivity contribution < 1.29 is 13.6 Å². The molecule has 21 heavy (non-hydrogen) atoms. The predicted octanol–water partition coefficient (Wildman–Crippen LogP) is 3.63. The number of para-hydroxylation sites is 1. The van der Waals surface area contributed by atoms with Crippen molar-refractivity contribution in [1.82, 2.24) is 0 Å². The Balaban J connectivity index is 1.99. The predicted molar refractivity (Wildman–Crippen MR) is 79.4 cm³/mol. The fourth-order valence-corrected chi connectivity index (χ4v) is 2.00. The maximum absolute atomic E-state index is 13.4. The average Bonchev–Trinajstić information content (AvgIpc) is 2.42. The third kappa shape index (κ3) is 3.78. The minimum atomic E-state index is -0.727. The van der Waals surface area contributed by atoms with E-state index in [2.05, 4.69) is 10.6 Å². The summed E-state index contributed by atoms with van der Waals surface area (Å²) in [7, 11) is 0. The summed E-state index contributed by atoms with van der Waals surface area (Å²) in [5.41, 5.74) is 2.75. The Morgan fingerprint density at radius 2 is 1.76 bits per heavy atom. The first kappa shape index (κ1) is 15.0. The Morgan fingerprint density at radius 1 is 1.10 bits per heavy atom. The van der Waals surface area contributed by atoms with E-state index in [1.807, 2.05) is 32.0 Å². The second kappa shape index (κ2) is 6.35. The van der Waals surface area contributed by atoms with E-state index in [0.29, 0.717) is 0 Å². The molecule has 110 valence electrons. The van der Waals surface area contributed by atoms with Crippen molar-refractivity contribution in [2.75, 3.05) is 17.2 Å². The first-order chi connectivity index (χ1) is 9.97. The van der Waals surface area contributed by atoms with Crippen LogP contribution in [0.15, 0.2) is 36.4 Å². The number of amides is 1. The van der Waals surface area contributed by atoms with Gasteiger partial charge in [0.2, 0.25) is 5.91 Å². The van der Waals surface area contributed by atoms with E-state index >= 15 is 0 Å². The molecule has 0 aromatic heterocycles. The van der Waals surface area contributed by atoms with Crippen LogP contribution in [0.5, 0.6) is 0 Å². The molecule has 0 heterocycles. The van der Waals surface area contributed by atoms with Crippen LogP contribution in [0.3, 0.4) is 0 Å². The molecule has 0 aliphatic rings. The van der Waals surface area contributed by atoms with Gasteiger partial charge < -0.3 is 10.6 Å². The largest absolute Gasteiger partial charge is 0.374 e. The Hall–Kier alpha value is -2.43. The number of nitrogens with one attached hydrogen (secondary N) is 2. The van der Waals surface area contributed by atoms with Gasteiger partial charge in [0.15, 0.2) is 0 Å². The minimum Gasteiger partial charge on any atom is -0.374 e. The molecule has 0 fully saturated rings. The lowest BCUT2D eigenvalue weighted by atomic mass is 10.1. The number of rotatable bonds is 4. The van der Waals surface area contributed by atoms with Gasteiger partial charge in [0, 0.05) is 11.8 Å². The Labute approximate surface area is 122 Å². The van der Waals surface area contributed by atoms with Crippen LogP contribution in [0.4, 0.5) is 20.2 Å². The number of halogens is 2. The molecule has 0 unspecified atom stereocenters. The van der Waals surface area contributed by atoms with Gasteiger partial charge in [-0.1, -0.05) is 18.2 Å². The van der Waals surface area contributed by atoms with Crippen LogP contribution in [0.25, 0.3) is 0 Å². The SMILES string of the molecule is Cc1cccc(C)c1NC(=O)CNc1ccc(F)cc1F. The highest BCUT2D eigenvalue weighted by Crippen LogP contribution is 2.19. The van der Waals surface area contributed by atoms with E-state index in [1.54, 1.807) is 0 Å². The Kier molecular flexibility index (Phi) is 4.52. The van der Waals surface area contributed by atoms with Gasteiger partial charge in [0.25, 0.3) is 0 Å². The maximum Gasteiger partial charge on any atom is 0.243 e. The number of hydrogen-bond donors (Lipinski definition) is 2. The summed E-state index contributed by atoms with van der Waals surface area (Å²) in [6, 6.07) is 8.87. The van der Waals surface area contributed by atoms with Gasteiger partial charge >= 0.3 is 0 Å². The van der Waals surface area contributed by atoms with Crippen molar-refractivity contribution in [3.05, 3.63) is 59.2 Å². The zero-order chi connectivity index (χ0) is 15.4. The van der Waals surface area contributed by atoms with Crippen molar-refractivity contribution in [2.24, 2.45) is 0 Å².